The van der Waals surface area contributed by atoms with Crippen molar-refractivity contribution in [1.29, 1.82) is 0 Å². The van der Waals surface area contributed by atoms with E-state index in [2.05, 4.69) is 4.98 Å². The number of aromatic nitrogens is 1. The molecular formula is C11H15F3N2O2. The Morgan fingerprint density at radius 3 is 2.44 bits per heavy atom. The van der Waals surface area contributed by atoms with Crippen LogP contribution in [0.3, 0.4) is 0 Å². The highest BCUT2D eigenvalue weighted by atomic mass is 19.4. The molecule has 4 nitrogen and oxygen atoms in total. The van der Waals surface area contributed by atoms with Gasteiger partial charge in [0.05, 0.1) is 12.7 Å². The van der Waals surface area contributed by atoms with E-state index in [0.717, 1.165) is 4.90 Å². The van der Waals surface area contributed by atoms with Gasteiger partial charge in [0.2, 0.25) is 0 Å². The molecule has 0 fully saturated rings. The Labute approximate surface area is 103 Å². The Balaban J connectivity index is 2.85. The van der Waals surface area contributed by atoms with Crippen LogP contribution in [0.25, 0.3) is 0 Å². The van der Waals surface area contributed by atoms with Crippen molar-refractivity contribution in [3.8, 4) is 0 Å². The maximum absolute atomic E-state index is 12.3. The van der Waals surface area contributed by atoms with Crippen molar-refractivity contribution < 1.29 is 23.4 Å². The first-order chi connectivity index (χ1) is 8.33. The number of alkyl halides is 3. The fraction of sp³-hybridized carbons (Fsp3) is 0.545. The van der Waals surface area contributed by atoms with Crippen LogP contribution in [0.4, 0.5) is 19.0 Å². The van der Waals surface area contributed by atoms with E-state index in [-0.39, 0.29) is 12.4 Å². The second-order valence-corrected chi connectivity index (χ2v) is 3.89. The summed E-state index contributed by atoms with van der Waals surface area (Å²) in [4.78, 5) is 4.79. The molecule has 0 radical (unpaired) electrons. The minimum atomic E-state index is -4.36. The van der Waals surface area contributed by atoms with Gasteiger partial charge in [-0.2, -0.15) is 13.2 Å². The zero-order chi connectivity index (χ0) is 13.8. The van der Waals surface area contributed by atoms with Gasteiger partial charge in [0.25, 0.3) is 0 Å². The molecule has 1 aromatic heterocycles. The van der Waals surface area contributed by atoms with Crippen molar-refractivity contribution in [2.24, 2.45) is 0 Å². The van der Waals surface area contributed by atoms with Gasteiger partial charge in [-0.3, -0.25) is 0 Å². The second-order valence-electron chi connectivity index (χ2n) is 3.89. The average Bonchev–Trinajstić information content (AvgIpc) is 2.27. The molecule has 0 aromatic carbocycles. The highest BCUT2D eigenvalue weighted by Gasteiger charge is 2.31. The summed E-state index contributed by atoms with van der Waals surface area (Å²) in [5.41, 5.74) is 0.523. The normalized spacial score (nSPS) is 13.4. The van der Waals surface area contributed by atoms with Crippen LogP contribution >= 0.6 is 0 Å². The van der Waals surface area contributed by atoms with Crippen LogP contribution in [0.15, 0.2) is 18.3 Å². The van der Waals surface area contributed by atoms with Crippen LogP contribution in [-0.4, -0.2) is 41.1 Å². The van der Waals surface area contributed by atoms with E-state index in [0.29, 0.717) is 5.56 Å². The third-order valence-electron chi connectivity index (χ3n) is 2.32. The van der Waals surface area contributed by atoms with Gasteiger partial charge in [-0.1, -0.05) is 6.07 Å². The lowest BCUT2D eigenvalue weighted by molar-refractivity contribution is -0.120. The molecule has 0 unspecified atom stereocenters. The molecule has 1 rings (SSSR count). The molecular weight excluding hydrogens is 249 g/mol. The maximum atomic E-state index is 12.3. The molecule has 0 saturated heterocycles. The highest BCUT2D eigenvalue weighted by Crippen LogP contribution is 2.21. The standard InChI is InChI=1S/C11H15F3N2O2/c1-8(18)9-2-3-10(15-6-9)16(4-5-17)7-11(12,13)14/h2-3,6,8,17-18H,4-5,7H2,1H3/t8-/m0/s1. The van der Waals surface area contributed by atoms with Gasteiger partial charge in [-0.15, -0.1) is 0 Å². The van der Waals surface area contributed by atoms with Gasteiger partial charge < -0.3 is 15.1 Å². The van der Waals surface area contributed by atoms with E-state index >= 15 is 0 Å². The number of pyridine rings is 1. The van der Waals surface area contributed by atoms with Crippen LogP contribution in [-0.2, 0) is 0 Å². The summed E-state index contributed by atoms with van der Waals surface area (Å²) in [6.07, 6.45) is -3.76. The fourth-order valence-electron chi connectivity index (χ4n) is 1.44. The van der Waals surface area contributed by atoms with E-state index in [1.807, 2.05) is 0 Å². The van der Waals surface area contributed by atoms with Crippen molar-refractivity contribution in [2.75, 3.05) is 24.6 Å². The molecule has 1 atom stereocenters. The highest BCUT2D eigenvalue weighted by molar-refractivity contribution is 5.39. The minimum absolute atomic E-state index is 0.116. The van der Waals surface area contributed by atoms with Crippen molar-refractivity contribution in [1.82, 2.24) is 4.98 Å². The van der Waals surface area contributed by atoms with Crippen LogP contribution < -0.4 is 4.90 Å². The summed E-state index contributed by atoms with van der Waals surface area (Å²) in [5, 5.41) is 18.0. The maximum Gasteiger partial charge on any atom is 0.405 e. The minimum Gasteiger partial charge on any atom is -0.395 e. The third-order valence-corrected chi connectivity index (χ3v) is 2.32. The number of nitrogens with zero attached hydrogens (tertiary/aromatic N) is 2. The van der Waals surface area contributed by atoms with Gasteiger partial charge in [-0.05, 0) is 18.6 Å². The van der Waals surface area contributed by atoms with Crippen molar-refractivity contribution in [2.45, 2.75) is 19.2 Å². The number of aliphatic hydroxyl groups excluding tert-OH is 2. The van der Waals surface area contributed by atoms with Gasteiger partial charge in [0.15, 0.2) is 0 Å². The monoisotopic (exact) mass is 264 g/mol. The largest absolute Gasteiger partial charge is 0.405 e. The summed E-state index contributed by atoms with van der Waals surface area (Å²) < 4.78 is 37.0. The van der Waals surface area contributed by atoms with Gasteiger partial charge in [0, 0.05) is 12.7 Å². The van der Waals surface area contributed by atoms with Gasteiger partial charge in [0.1, 0.15) is 12.4 Å². The molecule has 0 amide bonds. The Morgan fingerprint density at radius 1 is 1.39 bits per heavy atom. The summed E-state index contributed by atoms with van der Waals surface area (Å²) in [7, 11) is 0. The van der Waals surface area contributed by atoms with Crippen LogP contribution in [0.2, 0.25) is 0 Å². The molecule has 102 valence electrons. The molecule has 0 bridgehead atoms. The van der Waals surface area contributed by atoms with Crippen LogP contribution in [0, 0.1) is 0 Å². The third kappa shape index (κ3) is 4.50. The summed E-state index contributed by atoms with van der Waals surface area (Å²) >= 11 is 0. The summed E-state index contributed by atoms with van der Waals surface area (Å²) in [6, 6.07) is 2.90. The molecule has 0 aliphatic rings. The first-order valence-corrected chi connectivity index (χ1v) is 5.40. The number of aliphatic hydroxyl groups is 2. The number of hydrogen-bond donors (Lipinski definition) is 2. The van der Waals surface area contributed by atoms with E-state index in [1.165, 1.54) is 25.3 Å². The van der Waals surface area contributed by atoms with Crippen molar-refractivity contribution >= 4 is 5.82 Å². The van der Waals surface area contributed by atoms with E-state index in [4.69, 9.17) is 5.11 Å². The predicted molar refractivity (Wildman–Crippen MR) is 60.2 cm³/mol. The quantitative estimate of drug-likeness (QED) is 0.846. The Hall–Kier alpha value is -1.34. The number of anilines is 1. The lowest BCUT2D eigenvalue weighted by Gasteiger charge is -2.24. The number of rotatable bonds is 5. The number of hydrogen-bond acceptors (Lipinski definition) is 4. The SMILES string of the molecule is C[C@H](O)c1ccc(N(CCO)CC(F)(F)F)nc1. The molecule has 0 saturated carbocycles. The predicted octanol–water partition coefficient (Wildman–Crippen LogP) is 1.50. The molecule has 7 heteroatoms. The van der Waals surface area contributed by atoms with Crippen molar-refractivity contribution in [3.05, 3.63) is 23.9 Å². The van der Waals surface area contributed by atoms with Gasteiger partial charge in [-0.25, -0.2) is 4.98 Å². The lowest BCUT2D eigenvalue weighted by atomic mass is 10.2. The topological polar surface area (TPSA) is 56.6 Å². The molecule has 0 spiro atoms. The van der Waals surface area contributed by atoms with Crippen LogP contribution in [0.1, 0.15) is 18.6 Å². The molecule has 1 heterocycles. The average molecular weight is 264 g/mol. The molecule has 0 aliphatic heterocycles. The van der Waals surface area contributed by atoms with E-state index < -0.39 is 25.4 Å². The van der Waals surface area contributed by atoms with E-state index in [9.17, 15) is 18.3 Å². The van der Waals surface area contributed by atoms with E-state index in [1.54, 1.807) is 0 Å². The lowest BCUT2D eigenvalue weighted by Crippen LogP contribution is -2.36. The second kappa shape index (κ2) is 6.01. The first kappa shape index (κ1) is 14.7. The molecule has 18 heavy (non-hydrogen) atoms. The number of halogens is 3. The van der Waals surface area contributed by atoms with Crippen molar-refractivity contribution in [3.63, 3.8) is 0 Å². The Morgan fingerprint density at radius 2 is 2.06 bits per heavy atom. The molecule has 1 aromatic rings. The summed E-state index contributed by atoms with van der Waals surface area (Å²) in [5.74, 6) is 0.116. The fourth-order valence-corrected chi connectivity index (χ4v) is 1.44. The Bertz CT molecular complexity index is 366. The first-order valence-electron chi connectivity index (χ1n) is 5.40. The summed E-state index contributed by atoms with van der Waals surface area (Å²) in [6.45, 7) is -0.178. The zero-order valence-electron chi connectivity index (χ0n) is 9.85. The zero-order valence-corrected chi connectivity index (χ0v) is 9.85. The molecule has 0 aliphatic carbocycles. The van der Waals surface area contributed by atoms with Crippen LogP contribution in [0.5, 0.6) is 0 Å². The molecule has 2 N–H and O–H groups in total. The smallest absolute Gasteiger partial charge is 0.395 e. The van der Waals surface area contributed by atoms with Gasteiger partial charge >= 0.3 is 6.18 Å². The Kier molecular flexibility index (Phi) is 4.92.